The molecule has 2 heteroatoms. The van der Waals surface area contributed by atoms with Crippen LogP contribution in [0.5, 0.6) is 0 Å². The van der Waals surface area contributed by atoms with E-state index in [1.807, 2.05) is 0 Å². The first kappa shape index (κ1) is 10.6. The summed E-state index contributed by atoms with van der Waals surface area (Å²) in [7, 11) is 0. The Bertz CT molecular complexity index is 165. The van der Waals surface area contributed by atoms with Crippen LogP contribution in [0.3, 0.4) is 0 Å². The maximum absolute atomic E-state index is 11.1. The number of unbranched alkanes of at least 4 members (excludes halogenated alkanes) is 2. The van der Waals surface area contributed by atoms with Gasteiger partial charge in [0.25, 0.3) is 0 Å². The van der Waals surface area contributed by atoms with Crippen LogP contribution in [0.25, 0.3) is 0 Å². The minimum atomic E-state index is 0.000230. The Morgan fingerprint density at radius 3 is 2.85 bits per heavy atom. The van der Waals surface area contributed by atoms with Gasteiger partial charge in [0.2, 0.25) is 0 Å². The van der Waals surface area contributed by atoms with Gasteiger partial charge in [-0.2, -0.15) is 0 Å². The summed E-state index contributed by atoms with van der Waals surface area (Å²) in [6, 6.07) is 0. The van der Waals surface area contributed by atoms with Crippen LogP contribution in [0, 0.1) is 5.92 Å². The van der Waals surface area contributed by atoms with Crippen molar-refractivity contribution in [3.63, 3.8) is 0 Å². The predicted molar refractivity (Wildman–Crippen MR) is 52.4 cm³/mol. The fourth-order valence-corrected chi connectivity index (χ4v) is 1.90. The number of carbonyl (C=O) groups is 1. The van der Waals surface area contributed by atoms with Gasteiger partial charge >= 0.3 is 5.97 Å². The number of esters is 1. The molecule has 1 aliphatic heterocycles. The predicted octanol–water partition coefficient (Wildman–Crippen LogP) is 2.91. The minimum absolute atomic E-state index is 0.000230. The van der Waals surface area contributed by atoms with Gasteiger partial charge in [0, 0.05) is 6.42 Å². The molecule has 0 saturated carbocycles. The SMILES string of the molecule is CCCCCC1C[C@H](C)CC(=O)O1. The summed E-state index contributed by atoms with van der Waals surface area (Å²) >= 11 is 0. The lowest BCUT2D eigenvalue weighted by atomic mass is 9.94. The number of carbonyl (C=O) groups excluding carboxylic acids is 1. The average Bonchev–Trinajstić information content (AvgIpc) is 2.03. The van der Waals surface area contributed by atoms with E-state index in [0.717, 1.165) is 12.8 Å². The summed E-state index contributed by atoms with van der Waals surface area (Å²) in [5, 5.41) is 0. The van der Waals surface area contributed by atoms with Gasteiger partial charge in [-0.1, -0.05) is 26.7 Å². The van der Waals surface area contributed by atoms with E-state index in [4.69, 9.17) is 4.74 Å². The van der Waals surface area contributed by atoms with Crippen LogP contribution in [0.1, 0.15) is 52.4 Å². The van der Waals surface area contributed by atoms with Crippen molar-refractivity contribution in [2.24, 2.45) is 5.92 Å². The van der Waals surface area contributed by atoms with Gasteiger partial charge in [-0.05, 0) is 25.2 Å². The van der Waals surface area contributed by atoms with Crippen molar-refractivity contribution in [2.45, 2.75) is 58.5 Å². The molecular formula is C11H20O2. The molecule has 0 amide bonds. The van der Waals surface area contributed by atoms with Crippen molar-refractivity contribution in [3.05, 3.63) is 0 Å². The lowest BCUT2D eigenvalue weighted by molar-refractivity contribution is -0.156. The Balaban J connectivity index is 2.21. The second-order valence-corrected chi connectivity index (χ2v) is 4.15. The van der Waals surface area contributed by atoms with Crippen molar-refractivity contribution in [2.75, 3.05) is 0 Å². The molecule has 1 aliphatic rings. The van der Waals surface area contributed by atoms with Gasteiger partial charge in [0.05, 0.1) is 0 Å². The third-order valence-electron chi connectivity index (χ3n) is 2.61. The Labute approximate surface area is 80.7 Å². The van der Waals surface area contributed by atoms with Crippen molar-refractivity contribution in [1.29, 1.82) is 0 Å². The highest BCUT2D eigenvalue weighted by molar-refractivity contribution is 5.70. The molecule has 76 valence electrons. The Hall–Kier alpha value is -0.530. The second-order valence-electron chi connectivity index (χ2n) is 4.15. The van der Waals surface area contributed by atoms with E-state index in [0.29, 0.717) is 12.3 Å². The first-order chi connectivity index (χ1) is 6.22. The van der Waals surface area contributed by atoms with Gasteiger partial charge in [0.15, 0.2) is 0 Å². The molecule has 1 unspecified atom stereocenters. The normalized spacial score (nSPS) is 28.6. The minimum Gasteiger partial charge on any atom is -0.462 e. The van der Waals surface area contributed by atoms with E-state index >= 15 is 0 Å². The summed E-state index contributed by atoms with van der Waals surface area (Å²) in [5.74, 6) is 0.521. The number of hydrogen-bond acceptors (Lipinski definition) is 2. The van der Waals surface area contributed by atoms with E-state index in [2.05, 4.69) is 13.8 Å². The molecule has 2 atom stereocenters. The Morgan fingerprint density at radius 1 is 1.46 bits per heavy atom. The molecule has 2 nitrogen and oxygen atoms in total. The molecule has 0 aromatic rings. The Kier molecular flexibility index (Phi) is 4.26. The second kappa shape index (κ2) is 5.25. The van der Waals surface area contributed by atoms with Gasteiger partial charge in [-0.15, -0.1) is 0 Å². The summed E-state index contributed by atoms with van der Waals surface area (Å²) in [4.78, 5) is 11.1. The van der Waals surface area contributed by atoms with Crippen molar-refractivity contribution >= 4 is 5.97 Å². The van der Waals surface area contributed by atoms with Crippen molar-refractivity contribution in [1.82, 2.24) is 0 Å². The van der Waals surface area contributed by atoms with E-state index < -0.39 is 0 Å². The summed E-state index contributed by atoms with van der Waals surface area (Å²) in [6.07, 6.45) is 6.63. The molecule has 1 saturated heterocycles. The highest BCUT2D eigenvalue weighted by Crippen LogP contribution is 2.23. The zero-order valence-corrected chi connectivity index (χ0v) is 8.71. The molecular weight excluding hydrogens is 164 g/mol. The van der Waals surface area contributed by atoms with Crippen molar-refractivity contribution in [3.8, 4) is 0 Å². The number of cyclic esters (lactones) is 1. The highest BCUT2D eigenvalue weighted by Gasteiger charge is 2.24. The molecule has 0 radical (unpaired) electrons. The fraction of sp³-hybridized carbons (Fsp3) is 0.909. The summed E-state index contributed by atoms with van der Waals surface area (Å²) < 4.78 is 5.26. The fourth-order valence-electron chi connectivity index (χ4n) is 1.90. The van der Waals surface area contributed by atoms with E-state index in [1.54, 1.807) is 0 Å². The van der Waals surface area contributed by atoms with Crippen LogP contribution in [-0.2, 0) is 9.53 Å². The molecule has 0 aromatic heterocycles. The van der Waals surface area contributed by atoms with Gasteiger partial charge < -0.3 is 4.74 Å². The van der Waals surface area contributed by atoms with Crippen LogP contribution in [0.15, 0.2) is 0 Å². The van der Waals surface area contributed by atoms with Gasteiger partial charge in [-0.3, -0.25) is 4.79 Å². The van der Waals surface area contributed by atoms with E-state index in [-0.39, 0.29) is 12.1 Å². The van der Waals surface area contributed by atoms with Gasteiger partial charge in [0.1, 0.15) is 6.10 Å². The summed E-state index contributed by atoms with van der Waals surface area (Å²) in [5.41, 5.74) is 0. The Morgan fingerprint density at radius 2 is 2.23 bits per heavy atom. The average molecular weight is 184 g/mol. The number of rotatable bonds is 4. The maximum Gasteiger partial charge on any atom is 0.306 e. The molecule has 0 spiro atoms. The van der Waals surface area contributed by atoms with Crippen LogP contribution >= 0.6 is 0 Å². The van der Waals surface area contributed by atoms with Gasteiger partial charge in [-0.25, -0.2) is 0 Å². The molecule has 1 heterocycles. The zero-order chi connectivity index (χ0) is 9.68. The highest BCUT2D eigenvalue weighted by atomic mass is 16.5. The molecule has 0 bridgehead atoms. The largest absolute Gasteiger partial charge is 0.462 e. The lowest BCUT2D eigenvalue weighted by Gasteiger charge is -2.26. The van der Waals surface area contributed by atoms with Crippen LogP contribution < -0.4 is 0 Å². The molecule has 1 rings (SSSR count). The first-order valence-corrected chi connectivity index (χ1v) is 5.41. The zero-order valence-electron chi connectivity index (χ0n) is 8.71. The monoisotopic (exact) mass is 184 g/mol. The number of ether oxygens (including phenoxy) is 1. The van der Waals surface area contributed by atoms with Crippen molar-refractivity contribution < 1.29 is 9.53 Å². The summed E-state index contributed by atoms with van der Waals surface area (Å²) in [6.45, 7) is 4.32. The molecule has 0 aromatic carbocycles. The lowest BCUT2D eigenvalue weighted by Crippen LogP contribution is -2.28. The third kappa shape index (κ3) is 3.79. The molecule has 1 fully saturated rings. The van der Waals surface area contributed by atoms with Crippen LogP contribution in [0.2, 0.25) is 0 Å². The van der Waals surface area contributed by atoms with Crippen LogP contribution in [-0.4, -0.2) is 12.1 Å². The first-order valence-electron chi connectivity index (χ1n) is 5.41. The third-order valence-corrected chi connectivity index (χ3v) is 2.61. The van der Waals surface area contributed by atoms with E-state index in [9.17, 15) is 4.79 Å². The smallest absolute Gasteiger partial charge is 0.306 e. The quantitative estimate of drug-likeness (QED) is 0.496. The number of hydrogen-bond donors (Lipinski definition) is 0. The standard InChI is InChI=1S/C11H20O2/c1-3-4-5-6-10-7-9(2)8-11(12)13-10/h9-10H,3-8H2,1-2H3/t9-,10?/m0/s1. The molecule has 13 heavy (non-hydrogen) atoms. The maximum atomic E-state index is 11.1. The molecule has 0 N–H and O–H groups in total. The van der Waals surface area contributed by atoms with E-state index in [1.165, 1.54) is 19.3 Å². The molecule has 0 aliphatic carbocycles. The van der Waals surface area contributed by atoms with Crippen LogP contribution in [0.4, 0.5) is 0 Å². The topological polar surface area (TPSA) is 26.3 Å².